The maximum atomic E-state index is 12.6. The maximum Gasteiger partial charge on any atom is 0.251 e. The van der Waals surface area contributed by atoms with Gasteiger partial charge in [-0.3, -0.25) is 9.59 Å². The standard InChI is InChI=1S/C23H22Cl2N4O2/c24-18-13-19(25)22(28-15-18)27-12-11-26-21(30)14-20(16-7-3-1-4-8-16)29-23(31)17-9-5-2-6-10-17/h1-10,13,15,20H,11-12,14H2,(H,26,30)(H,27,28)(H,29,31). The van der Waals surface area contributed by atoms with Crippen LogP contribution in [0.5, 0.6) is 0 Å². The Morgan fingerprint density at radius 1 is 0.935 bits per heavy atom. The molecular formula is C23H22Cl2N4O2. The summed E-state index contributed by atoms with van der Waals surface area (Å²) in [5, 5.41) is 9.71. The molecule has 0 saturated carbocycles. The second kappa shape index (κ2) is 11.3. The zero-order chi connectivity index (χ0) is 22.1. The van der Waals surface area contributed by atoms with Gasteiger partial charge < -0.3 is 16.0 Å². The number of halogens is 2. The normalized spacial score (nSPS) is 11.4. The maximum absolute atomic E-state index is 12.6. The molecule has 0 fully saturated rings. The first-order valence-corrected chi connectivity index (χ1v) is 10.5. The molecule has 0 bridgehead atoms. The van der Waals surface area contributed by atoms with Gasteiger partial charge in [0.15, 0.2) is 0 Å². The zero-order valence-electron chi connectivity index (χ0n) is 16.6. The van der Waals surface area contributed by atoms with Crippen LogP contribution in [0, 0.1) is 0 Å². The lowest BCUT2D eigenvalue weighted by atomic mass is 10.0. The molecule has 3 rings (SSSR count). The molecule has 0 aliphatic heterocycles. The molecule has 2 aromatic carbocycles. The van der Waals surface area contributed by atoms with E-state index in [-0.39, 0.29) is 18.2 Å². The largest absolute Gasteiger partial charge is 0.367 e. The van der Waals surface area contributed by atoms with Crippen molar-refractivity contribution in [3.63, 3.8) is 0 Å². The van der Waals surface area contributed by atoms with E-state index in [1.54, 1.807) is 30.3 Å². The van der Waals surface area contributed by atoms with Crippen LogP contribution in [-0.4, -0.2) is 29.9 Å². The highest BCUT2D eigenvalue weighted by Gasteiger charge is 2.19. The molecule has 1 heterocycles. The van der Waals surface area contributed by atoms with Crippen molar-refractivity contribution in [3.8, 4) is 0 Å². The molecule has 1 aromatic heterocycles. The number of rotatable bonds is 9. The summed E-state index contributed by atoms with van der Waals surface area (Å²) in [6.45, 7) is 0.806. The molecule has 1 atom stereocenters. The van der Waals surface area contributed by atoms with E-state index in [2.05, 4.69) is 20.9 Å². The first-order valence-electron chi connectivity index (χ1n) is 9.75. The van der Waals surface area contributed by atoms with Gasteiger partial charge in [0.25, 0.3) is 5.91 Å². The van der Waals surface area contributed by atoms with Crippen LogP contribution in [0.15, 0.2) is 72.9 Å². The van der Waals surface area contributed by atoms with Crippen LogP contribution in [0.3, 0.4) is 0 Å². The number of benzene rings is 2. The van der Waals surface area contributed by atoms with E-state index in [1.165, 1.54) is 6.20 Å². The number of hydrogen-bond donors (Lipinski definition) is 3. The van der Waals surface area contributed by atoms with Crippen molar-refractivity contribution in [2.45, 2.75) is 12.5 Å². The molecule has 1 unspecified atom stereocenters. The summed E-state index contributed by atoms with van der Waals surface area (Å²) in [5.41, 5.74) is 1.40. The van der Waals surface area contributed by atoms with E-state index in [0.717, 1.165) is 5.56 Å². The van der Waals surface area contributed by atoms with Crippen molar-refractivity contribution in [1.82, 2.24) is 15.6 Å². The number of hydrogen-bond acceptors (Lipinski definition) is 4. The van der Waals surface area contributed by atoms with E-state index in [0.29, 0.717) is 34.5 Å². The van der Waals surface area contributed by atoms with Crippen LogP contribution in [0.25, 0.3) is 0 Å². The number of anilines is 1. The van der Waals surface area contributed by atoms with Crippen LogP contribution >= 0.6 is 23.2 Å². The van der Waals surface area contributed by atoms with E-state index in [9.17, 15) is 9.59 Å². The SMILES string of the molecule is O=C(CC(NC(=O)c1ccccc1)c1ccccc1)NCCNc1ncc(Cl)cc1Cl. The predicted octanol–water partition coefficient (Wildman–Crippen LogP) is 4.48. The third kappa shape index (κ3) is 6.98. The Balaban J connectivity index is 1.55. The van der Waals surface area contributed by atoms with E-state index < -0.39 is 6.04 Å². The summed E-state index contributed by atoms with van der Waals surface area (Å²) >= 11 is 11.9. The fourth-order valence-electron chi connectivity index (χ4n) is 2.95. The molecule has 0 aliphatic carbocycles. The van der Waals surface area contributed by atoms with Gasteiger partial charge in [-0.15, -0.1) is 0 Å². The minimum absolute atomic E-state index is 0.114. The summed E-state index contributed by atoms with van der Waals surface area (Å²) in [6.07, 6.45) is 1.61. The Morgan fingerprint density at radius 3 is 2.29 bits per heavy atom. The third-order valence-electron chi connectivity index (χ3n) is 4.48. The molecule has 31 heavy (non-hydrogen) atoms. The molecule has 0 saturated heterocycles. The molecule has 160 valence electrons. The van der Waals surface area contributed by atoms with Crippen LogP contribution in [0.2, 0.25) is 10.0 Å². The lowest BCUT2D eigenvalue weighted by Gasteiger charge is -2.19. The van der Waals surface area contributed by atoms with Crippen molar-refractivity contribution in [1.29, 1.82) is 0 Å². The van der Waals surface area contributed by atoms with Gasteiger partial charge in [-0.1, -0.05) is 71.7 Å². The molecule has 0 radical (unpaired) electrons. The highest BCUT2D eigenvalue weighted by atomic mass is 35.5. The Bertz CT molecular complexity index is 1020. The van der Waals surface area contributed by atoms with Gasteiger partial charge in [0.05, 0.1) is 22.5 Å². The van der Waals surface area contributed by atoms with E-state index >= 15 is 0 Å². The topological polar surface area (TPSA) is 83.1 Å². The average molecular weight is 457 g/mol. The first kappa shape index (κ1) is 22.6. The summed E-state index contributed by atoms with van der Waals surface area (Å²) in [7, 11) is 0. The van der Waals surface area contributed by atoms with Crippen LogP contribution in [-0.2, 0) is 4.79 Å². The summed E-state index contributed by atoms with van der Waals surface area (Å²) in [6, 6.07) is 19.5. The Hall–Kier alpha value is -3.09. The van der Waals surface area contributed by atoms with Crippen LogP contribution in [0.4, 0.5) is 5.82 Å². The fraction of sp³-hybridized carbons (Fsp3) is 0.174. The predicted molar refractivity (Wildman–Crippen MR) is 123 cm³/mol. The second-order valence-corrected chi connectivity index (χ2v) is 7.61. The van der Waals surface area contributed by atoms with Gasteiger partial charge in [0.1, 0.15) is 5.82 Å². The van der Waals surface area contributed by atoms with Gasteiger partial charge in [-0.2, -0.15) is 0 Å². The molecular weight excluding hydrogens is 435 g/mol. The van der Waals surface area contributed by atoms with Crippen LogP contribution < -0.4 is 16.0 Å². The van der Waals surface area contributed by atoms with Crippen LogP contribution in [0.1, 0.15) is 28.4 Å². The van der Waals surface area contributed by atoms with E-state index in [1.807, 2.05) is 36.4 Å². The Morgan fingerprint density at radius 2 is 1.61 bits per heavy atom. The lowest BCUT2D eigenvalue weighted by Crippen LogP contribution is -2.35. The van der Waals surface area contributed by atoms with Crippen molar-refractivity contribution in [3.05, 3.63) is 94.1 Å². The van der Waals surface area contributed by atoms with Gasteiger partial charge in [0, 0.05) is 24.8 Å². The molecule has 3 N–H and O–H groups in total. The van der Waals surface area contributed by atoms with Crippen molar-refractivity contribution >= 4 is 40.8 Å². The van der Waals surface area contributed by atoms with Gasteiger partial charge >= 0.3 is 0 Å². The molecule has 2 amide bonds. The number of nitrogens with one attached hydrogen (secondary N) is 3. The van der Waals surface area contributed by atoms with Crippen molar-refractivity contribution in [2.24, 2.45) is 0 Å². The molecule has 3 aromatic rings. The summed E-state index contributed by atoms with van der Waals surface area (Å²) < 4.78 is 0. The van der Waals surface area contributed by atoms with Crippen molar-refractivity contribution < 1.29 is 9.59 Å². The number of aromatic nitrogens is 1. The Labute approximate surface area is 191 Å². The van der Waals surface area contributed by atoms with Gasteiger partial charge in [-0.05, 0) is 23.8 Å². The minimum Gasteiger partial charge on any atom is -0.367 e. The first-order chi connectivity index (χ1) is 15.0. The number of pyridine rings is 1. The lowest BCUT2D eigenvalue weighted by molar-refractivity contribution is -0.121. The minimum atomic E-state index is -0.450. The van der Waals surface area contributed by atoms with Gasteiger partial charge in [0.2, 0.25) is 5.91 Å². The number of nitrogens with zero attached hydrogens (tertiary/aromatic N) is 1. The van der Waals surface area contributed by atoms with E-state index in [4.69, 9.17) is 23.2 Å². The molecule has 0 spiro atoms. The quantitative estimate of drug-likeness (QED) is 0.414. The summed E-state index contributed by atoms with van der Waals surface area (Å²) in [5.74, 6) is 0.0872. The number of carbonyl (C=O) groups is 2. The summed E-state index contributed by atoms with van der Waals surface area (Å²) in [4.78, 5) is 29.2. The molecule has 0 aliphatic rings. The Kier molecular flexibility index (Phi) is 8.27. The number of carbonyl (C=O) groups excluding carboxylic acids is 2. The highest BCUT2D eigenvalue weighted by molar-refractivity contribution is 6.35. The fourth-order valence-corrected chi connectivity index (χ4v) is 3.40. The highest BCUT2D eigenvalue weighted by Crippen LogP contribution is 2.22. The van der Waals surface area contributed by atoms with Crippen molar-refractivity contribution in [2.75, 3.05) is 18.4 Å². The smallest absolute Gasteiger partial charge is 0.251 e. The van der Waals surface area contributed by atoms with Gasteiger partial charge in [-0.25, -0.2) is 4.98 Å². The third-order valence-corrected chi connectivity index (χ3v) is 4.98. The number of amides is 2. The molecule has 6 nitrogen and oxygen atoms in total. The second-order valence-electron chi connectivity index (χ2n) is 6.77. The monoisotopic (exact) mass is 456 g/mol. The average Bonchev–Trinajstić information content (AvgIpc) is 2.78. The molecule has 8 heteroatoms. The zero-order valence-corrected chi connectivity index (χ0v) is 18.2.